The van der Waals surface area contributed by atoms with Crippen molar-refractivity contribution >= 4 is 40.3 Å². The molecular weight excluding hydrogens is 474 g/mol. The lowest BCUT2D eigenvalue weighted by Crippen LogP contribution is -2.66. The molecule has 0 bridgehead atoms. The first-order chi connectivity index (χ1) is 17.5. The molecule has 2 saturated heterocycles. The van der Waals surface area contributed by atoms with E-state index in [2.05, 4.69) is 28.3 Å². The number of methoxy groups -OCH3 is 1. The molecule has 3 heterocycles. The summed E-state index contributed by atoms with van der Waals surface area (Å²) in [5.41, 5.74) is 3.05. The molecule has 2 amide bonds. The number of carbonyl (C=O) groups is 2. The van der Waals surface area contributed by atoms with E-state index in [1.807, 2.05) is 45.9 Å². The average Bonchev–Trinajstić information content (AvgIpc) is 3.17. The molecule has 2 aliphatic heterocycles. The van der Waals surface area contributed by atoms with Crippen LogP contribution < -0.4 is 15.0 Å². The third-order valence-corrected chi connectivity index (χ3v) is 6.66. The molecule has 1 N–H and O–H groups in total. The molecule has 0 unspecified atom stereocenters. The Morgan fingerprint density at radius 3 is 2.59 bits per heavy atom. The normalized spacial score (nSPS) is 16.5. The van der Waals surface area contributed by atoms with E-state index in [4.69, 9.17) is 14.2 Å². The quantitative estimate of drug-likeness (QED) is 0.531. The number of hydrogen-bond donors (Lipinski definition) is 1. The smallest absolute Gasteiger partial charge is 0.415 e. The summed E-state index contributed by atoms with van der Waals surface area (Å²) in [4.78, 5) is 37.4. The van der Waals surface area contributed by atoms with Gasteiger partial charge in [-0.05, 0) is 57.9 Å². The molecule has 2 fully saturated rings. The summed E-state index contributed by atoms with van der Waals surface area (Å²) in [5, 5.41) is 4.15. The van der Waals surface area contributed by atoms with Crippen molar-refractivity contribution in [3.63, 3.8) is 0 Å². The van der Waals surface area contributed by atoms with Gasteiger partial charge in [0.25, 0.3) is 0 Å². The van der Waals surface area contributed by atoms with Gasteiger partial charge in [-0.1, -0.05) is 12.1 Å². The second-order valence-corrected chi connectivity index (χ2v) is 10.6. The second-order valence-electron chi connectivity index (χ2n) is 10.6. The first kappa shape index (κ1) is 24.6. The largest absolute Gasteiger partial charge is 0.494 e. The first-order valence-electron chi connectivity index (χ1n) is 12.1. The van der Waals surface area contributed by atoms with Crippen molar-refractivity contribution in [2.24, 2.45) is 0 Å². The number of hydrogen-bond acceptors (Lipinski definition) is 8. The van der Waals surface area contributed by atoms with Gasteiger partial charge >= 0.3 is 12.2 Å². The Kier molecular flexibility index (Phi) is 5.85. The van der Waals surface area contributed by atoms with Crippen LogP contribution in [-0.2, 0) is 9.47 Å². The number of amides is 2. The molecule has 2 aromatic carbocycles. The lowest BCUT2D eigenvalue weighted by molar-refractivity contribution is -0.0779. The Labute approximate surface area is 215 Å². The molecule has 0 atom stereocenters. The highest BCUT2D eigenvalue weighted by Crippen LogP contribution is 2.41. The van der Waals surface area contributed by atoms with E-state index in [0.717, 1.165) is 22.2 Å². The number of fused-ring (bicyclic) bond motifs is 1. The summed E-state index contributed by atoms with van der Waals surface area (Å²) in [7, 11) is 1.55. The predicted octanol–water partition coefficient (Wildman–Crippen LogP) is 4.94. The zero-order valence-corrected chi connectivity index (χ0v) is 21.9. The molecule has 3 aromatic rings. The van der Waals surface area contributed by atoms with Crippen molar-refractivity contribution in [1.29, 1.82) is 0 Å². The van der Waals surface area contributed by atoms with Crippen LogP contribution in [0.4, 0.5) is 26.8 Å². The highest BCUT2D eigenvalue weighted by molar-refractivity contribution is 6.00. The van der Waals surface area contributed by atoms with Crippen LogP contribution in [-0.4, -0.2) is 65.0 Å². The molecule has 2 aliphatic rings. The molecule has 10 heteroatoms. The van der Waals surface area contributed by atoms with Gasteiger partial charge in [0.15, 0.2) is 5.60 Å². The third kappa shape index (κ3) is 4.59. The molecule has 10 nitrogen and oxygen atoms in total. The molecule has 1 spiro atoms. The van der Waals surface area contributed by atoms with Crippen LogP contribution in [0.5, 0.6) is 5.75 Å². The van der Waals surface area contributed by atoms with Crippen molar-refractivity contribution < 1.29 is 23.8 Å². The van der Waals surface area contributed by atoms with Crippen molar-refractivity contribution in [3.8, 4) is 5.75 Å². The number of anilines is 3. The minimum Gasteiger partial charge on any atom is -0.494 e. The van der Waals surface area contributed by atoms with Crippen molar-refractivity contribution in [2.75, 3.05) is 37.0 Å². The number of carbonyl (C=O) groups excluding carboxylic acids is 2. The van der Waals surface area contributed by atoms with Crippen LogP contribution in [0, 0.1) is 13.8 Å². The monoisotopic (exact) mass is 505 g/mol. The lowest BCUT2D eigenvalue weighted by Gasteiger charge is -2.45. The fourth-order valence-electron chi connectivity index (χ4n) is 4.64. The fourth-order valence-corrected chi connectivity index (χ4v) is 4.64. The second kappa shape index (κ2) is 8.79. The molecule has 1 aromatic heterocycles. The maximum Gasteiger partial charge on any atom is 0.415 e. The SMILES string of the molecule is COc1cc2ncnc(Nc3cccc(C)c3C)c2cc1N1CC2(CN(C(=O)OC(C)(C)C)C2)OC1=O. The predicted molar refractivity (Wildman–Crippen MR) is 140 cm³/mol. The van der Waals surface area contributed by atoms with Gasteiger partial charge < -0.3 is 19.5 Å². The van der Waals surface area contributed by atoms with Crippen LogP contribution in [0.3, 0.4) is 0 Å². The van der Waals surface area contributed by atoms with Crippen molar-refractivity contribution in [1.82, 2.24) is 14.9 Å². The topological polar surface area (TPSA) is 106 Å². The summed E-state index contributed by atoms with van der Waals surface area (Å²) >= 11 is 0. The highest BCUT2D eigenvalue weighted by atomic mass is 16.6. The Morgan fingerprint density at radius 2 is 1.89 bits per heavy atom. The molecule has 5 rings (SSSR count). The van der Waals surface area contributed by atoms with Gasteiger partial charge in [0.05, 0.1) is 37.9 Å². The van der Waals surface area contributed by atoms with Gasteiger partial charge in [-0.3, -0.25) is 9.80 Å². The summed E-state index contributed by atoms with van der Waals surface area (Å²) in [5.74, 6) is 1.10. The third-order valence-electron chi connectivity index (χ3n) is 6.66. The van der Waals surface area contributed by atoms with E-state index < -0.39 is 23.4 Å². The molecule has 0 aliphatic carbocycles. The minimum absolute atomic E-state index is 0.266. The number of benzene rings is 2. The van der Waals surface area contributed by atoms with E-state index in [1.165, 1.54) is 6.33 Å². The van der Waals surface area contributed by atoms with Gasteiger partial charge in [0, 0.05) is 17.1 Å². The zero-order chi connectivity index (χ0) is 26.5. The van der Waals surface area contributed by atoms with Crippen molar-refractivity contribution in [3.05, 3.63) is 47.8 Å². The average molecular weight is 506 g/mol. The number of nitrogens with one attached hydrogen (secondary N) is 1. The van der Waals surface area contributed by atoms with Crippen LogP contribution >= 0.6 is 0 Å². The number of likely N-dealkylation sites (tertiary alicyclic amines) is 1. The summed E-state index contributed by atoms with van der Waals surface area (Å²) in [6.07, 6.45) is 0.575. The van der Waals surface area contributed by atoms with Gasteiger partial charge in [0.1, 0.15) is 23.5 Å². The number of aryl methyl sites for hydroxylation is 1. The van der Waals surface area contributed by atoms with E-state index in [0.29, 0.717) is 22.8 Å². The Balaban J connectivity index is 1.44. The Hall–Kier alpha value is -4.08. The molecule has 37 heavy (non-hydrogen) atoms. The lowest BCUT2D eigenvalue weighted by atomic mass is 9.94. The molecule has 194 valence electrons. The first-order valence-corrected chi connectivity index (χ1v) is 12.1. The molecule has 0 saturated carbocycles. The Bertz CT molecular complexity index is 1390. The number of aromatic nitrogens is 2. The van der Waals surface area contributed by atoms with Gasteiger partial charge in [0.2, 0.25) is 0 Å². The zero-order valence-electron chi connectivity index (χ0n) is 21.9. The van der Waals surface area contributed by atoms with Gasteiger partial charge in [-0.15, -0.1) is 0 Å². The number of ether oxygens (including phenoxy) is 3. The van der Waals surface area contributed by atoms with Crippen molar-refractivity contribution in [2.45, 2.75) is 45.8 Å². The highest BCUT2D eigenvalue weighted by Gasteiger charge is 2.56. The maximum absolute atomic E-state index is 13.0. The van der Waals surface area contributed by atoms with E-state index in [1.54, 1.807) is 23.0 Å². The van der Waals surface area contributed by atoms with E-state index >= 15 is 0 Å². The standard InChI is InChI=1S/C27H31N5O5/c1-16-8-7-9-19(17(16)2)30-23-18-10-21(22(35-6)11-20(18)28-15-29-23)32-14-27(37-25(32)34)12-31(13-27)24(33)36-26(3,4)5/h7-11,15H,12-14H2,1-6H3,(H,28,29,30). The molecule has 0 radical (unpaired) electrons. The van der Waals surface area contributed by atoms with E-state index in [9.17, 15) is 9.59 Å². The van der Waals surface area contributed by atoms with Gasteiger partial charge in [-0.25, -0.2) is 19.6 Å². The summed E-state index contributed by atoms with van der Waals surface area (Å²) in [6, 6.07) is 9.66. The number of nitrogens with zero attached hydrogens (tertiary/aromatic N) is 4. The van der Waals surface area contributed by atoms with Crippen LogP contribution in [0.15, 0.2) is 36.7 Å². The minimum atomic E-state index is -0.791. The molecular formula is C27H31N5O5. The maximum atomic E-state index is 13.0. The summed E-state index contributed by atoms with van der Waals surface area (Å²) < 4.78 is 16.8. The summed E-state index contributed by atoms with van der Waals surface area (Å²) in [6.45, 7) is 10.4. The fraction of sp³-hybridized carbons (Fsp3) is 0.407. The number of rotatable bonds is 4. The van der Waals surface area contributed by atoms with Crippen LogP contribution in [0.1, 0.15) is 31.9 Å². The van der Waals surface area contributed by atoms with Gasteiger partial charge in [-0.2, -0.15) is 0 Å². The van der Waals surface area contributed by atoms with Crippen LogP contribution in [0.2, 0.25) is 0 Å². The van der Waals surface area contributed by atoms with Crippen LogP contribution in [0.25, 0.3) is 10.9 Å². The Morgan fingerprint density at radius 1 is 1.14 bits per heavy atom. The van der Waals surface area contributed by atoms with E-state index in [-0.39, 0.29) is 19.6 Å².